The molecule has 0 heterocycles. The lowest BCUT2D eigenvalue weighted by Gasteiger charge is -2.09. The van der Waals surface area contributed by atoms with E-state index in [1.807, 2.05) is 0 Å². The van der Waals surface area contributed by atoms with Crippen LogP contribution in [0.1, 0.15) is 20.7 Å². The summed E-state index contributed by atoms with van der Waals surface area (Å²) in [5.74, 6) is -4.46. The van der Waals surface area contributed by atoms with Crippen LogP contribution in [0.3, 0.4) is 0 Å². The maximum absolute atomic E-state index is 11.4. The quantitative estimate of drug-likeness (QED) is 0.456. The number of hydrogen-bond acceptors (Lipinski definition) is 6. The van der Waals surface area contributed by atoms with Crippen LogP contribution in [0.25, 0.3) is 0 Å². The molecular weight excluding hydrogens is 244 g/mol. The van der Waals surface area contributed by atoms with E-state index in [9.17, 15) is 19.5 Å². The van der Waals surface area contributed by atoms with Crippen LogP contribution in [0, 0.1) is 0 Å². The Morgan fingerprint density at radius 2 is 1.72 bits per heavy atom. The fourth-order valence-electron chi connectivity index (χ4n) is 1.30. The zero-order valence-electron chi connectivity index (χ0n) is 9.59. The number of methoxy groups -OCH3 is 2. The van der Waals surface area contributed by atoms with Gasteiger partial charge in [-0.1, -0.05) is 0 Å². The molecule has 1 aromatic carbocycles. The van der Waals surface area contributed by atoms with Crippen molar-refractivity contribution >= 4 is 17.7 Å². The van der Waals surface area contributed by atoms with E-state index in [-0.39, 0.29) is 16.9 Å². The number of rotatable bonds is 4. The summed E-state index contributed by atoms with van der Waals surface area (Å²) in [6.07, 6.45) is 0. The molecule has 0 fully saturated rings. The Labute approximate surface area is 102 Å². The minimum absolute atomic E-state index is 0.146. The second-order valence-electron chi connectivity index (χ2n) is 3.20. The van der Waals surface area contributed by atoms with Crippen molar-refractivity contribution in [2.24, 2.45) is 0 Å². The fraction of sp³-hybridized carbons (Fsp3) is 0.182. The predicted molar refractivity (Wildman–Crippen MR) is 58.0 cm³/mol. The lowest BCUT2D eigenvalue weighted by atomic mass is 10.0. The molecule has 1 rings (SSSR count). The Balaban J connectivity index is 3.44. The number of esters is 1. The molecule has 96 valence electrons. The molecule has 0 unspecified atom stereocenters. The second-order valence-corrected chi connectivity index (χ2v) is 3.20. The third-order valence-electron chi connectivity index (χ3n) is 2.16. The summed E-state index contributed by atoms with van der Waals surface area (Å²) in [7, 11) is 2.29. The molecule has 0 atom stereocenters. The smallest absolute Gasteiger partial charge is 0.377 e. The van der Waals surface area contributed by atoms with Gasteiger partial charge in [0.05, 0.1) is 19.8 Å². The summed E-state index contributed by atoms with van der Waals surface area (Å²) in [5.41, 5.74) is -0.661. The molecule has 0 spiro atoms. The lowest BCUT2D eigenvalue weighted by molar-refractivity contribution is -0.131. The van der Waals surface area contributed by atoms with Crippen molar-refractivity contribution in [1.82, 2.24) is 0 Å². The van der Waals surface area contributed by atoms with E-state index in [2.05, 4.69) is 4.74 Å². The van der Waals surface area contributed by atoms with Gasteiger partial charge in [0, 0.05) is 6.07 Å². The van der Waals surface area contributed by atoms with Crippen LogP contribution in [0.5, 0.6) is 11.5 Å². The van der Waals surface area contributed by atoms with Gasteiger partial charge in [0.2, 0.25) is 0 Å². The highest BCUT2D eigenvalue weighted by molar-refractivity contribution is 6.40. The van der Waals surface area contributed by atoms with Gasteiger partial charge in [-0.25, -0.2) is 9.59 Å². The predicted octanol–water partition coefficient (Wildman–Crippen LogP) is 0.455. The van der Waals surface area contributed by atoms with Crippen LogP contribution in [-0.2, 0) is 9.53 Å². The number of phenols is 1. The maximum atomic E-state index is 11.4. The van der Waals surface area contributed by atoms with Gasteiger partial charge in [0.1, 0.15) is 17.1 Å². The van der Waals surface area contributed by atoms with Gasteiger partial charge < -0.3 is 19.7 Å². The number of carboxylic acid groups (broad SMARTS) is 1. The van der Waals surface area contributed by atoms with Crippen LogP contribution in [0.4, 0.5) is 0 Å². The average Bonchev–Trinajstić information content (AvgIpc) is 2.36. The highest BCUT2D eigenvalue weighted by atomic mass is 16.5. The Bertz CT molecular complexity index is 518. The van der Waals surface area contributed by atoms with Gasteiger partial charge in [0.15, 0.2) is 0 Å². The van der Waals surface area contributed by atoms with Gasteiger partial charge in [-0.3, -0.25) is 4.79 Å². The Morgan fingerprint density at radius 3 is 2.17 bits per heavy atom. The molecule has 2 N–H and O–H groups in total. The van der Waals surface area contributed by atoms with Crippen molar-refractivity contribution in [3.05, 3.63) is 23.3 Å². The fourth-order valence-corrected chi connectivity index (χ4v) is 1.30. The molecule has 0 aromatic heterocycles. The largest absolute Gasteiger partial charge is 0.507 e. The third-order valence-corrected chi connectivity index (χ3v) is 2.16. The highest BCUT2D eigenvalue weighted by Crippen LogP contribution is 2.29. The minimum Gasteiger partial charge on any atom is -0.507 e. The van der Waals surface area contributed by atoms with E-state index in [1.165, 1.54) is 7.11 Å². The van der Waals surface area contributed by atoms with Gasteiger partial charge >= 0.3 is 11.9 Å². The van der Waals surface area contributed by atoms with Gasteiger partial charge in [0.25, 0.3) is 5.78 Å². The highest BCUT2D eigenvalue weighted by Gasteiger charge is 2.24. The SMILES string of the molecule is COC(=O)c1cc(C(=O)C(=O)O)c(OC)cc1O. The first kappa shape index (κ1) is 13.5. The molecule has 0 amide bonds. The van der Waals surface area contributed by atoms with E-state index < -0.39 is 23.5 Å². The summed E-state index contributed by atoms with van der Waals surface area (Å²) in [5, 5.41) is 18.2. The van der Waals surface area contributed by atoms with E-state index in [0.717, 1.165) is 19.2 Å². The molecule has 0 saturated heterocycles. The molecule has 0 aliphatic carbocycles. The Morgan fingerprint density at radius 1 is 1.11 bits per heavy atom. The summed E-state index contributed by atoms with van der Waals surface area (Å²) >= 11 is 0. The van der Waals surface area contributed by atoms with Crippen LogP contribution in [0.2, 0.25) is 0 Å². The maximum Gasteiger partial charge on any atom is 0.377 e. The van der Waals surface area contributed by atoms with Crippen molar-refractivity contribution in [1.29, 1.82) is 0 Å². The normalized spacial score (nSPS) is 9.67. The summed E-state index contributed by atoms with van der Waals surface area (Å²) in [6, 6.07) is 1.89. The third kappa shape index (κ3) is 2.40. The molecule has 0 aliphatic heterocycles. The monoisotopic (exact) mass is 254 g/mol. The van der Waals surface area contributed by atoms with Crippen LogP contribution in [-0.4, -0.2) is 42.2 Å². The van der Waals surface area contributed by atoms with Crippen molar-refractivity contribution in [3.8, 4) is 11.5 Å². The number of ether oxygens (including phenoxy) is 2. The first-order valence-electron chi connectivity index (χ1n) is 4.69. The number of aliphatic carboxylic acids is 1. The zero-order valence-corrected chi connectivity index (χ0v) is 9.59. The standard InChI is InChI=1S/C11H10O7/c1-17-8-4-7(12)5(11(16)18-2)3-6(8)9(13)10(14)15/h3-4,12H,1-2H3,(H,14,15). The topological polar surface area (TPSA) is 110 Å². The van der Waals surface area contributed by atoms with Crippen molar-refractivity contribution in [3.63, 3.8) is 0 Å². The number of Topliss-reactive ketones (excluding diaryl/α,β-unsaturated/α-hetero) is 1. The number of carbonyl (C=O) groups is 3. The number of carbonyl (C=O) groups excluding carboxylic acids is 2. The number of carboxylic acids is 1. The molecule has 0 bridgehead atoms. The molecule has 1 aromatic rings. The molecule has 0 saturated carbocycles. The molecule has 7 heteroatoms. The van der Waals surface area contributed by atoms with E-state index in [4.69, 9.17) is 9.84 Å². The molecule has 0 aliphatic rings. The molecule has 18 heavy (non-hydrogen) atoms. The van der Waals surface area contributed by atoms with Gasteiger partial charge in [-0.05, 0) is 6.07 Å². The molecule has 0 radical (unpaired) electrons. The Hall–Kier alpha value is -2.57. The van der Waals surface area contributed by atoms with E-state index in [1.54, 1.807) is 0 Å². The second kappa shape index (κ2) is 5.17. The zero-order chi connectivity index (χ0) is 13.9. The Kier molecular flexibility index (Phi) is 3.88. The summed E-state index contributed by atoms with van der Waals surface area (Å²) < 4.78 is 9.16. The van der Waals surface area contributed by atoms with Crippen LogP contribution in [0.15, 0.2) is 12.1 Å². The van der Waals surface area contributed by atoms with Crippen molar-refractivity contribution in [2.45, 2.75) is 0 Å². The van der Waals surface area contributed by atoms with Gasteiger partial charge in [-0.15, -0.1) is 0 Å². The number of aromatic hydroxyl groups is 1. The van der Waals surface area contributed by atoms with E-state index >= 15 is 0 Å². The lowest BCUT2D eigenvalue weighted by Crippen LogP contribution is -2.15. The van der Waals surface area contributed by atoms with Crippen molar-refractivity contribution < 1.29 is 34.1 Å². The summed E-state index contributed by atoms with van der Waals surface area (Å²) in [6.45, 7) is 0. The molecular formula is C11H10O7. The minimum atomic E-state index is -1.70. The number of phenolic OH excluding ortho intramolecular Hbond substituents is 1. The van der Waals surface area contributed by atoms with Gasteiger partial charge in [-0.2, -0.15) is 0 Å². The number of hydrogen-bond donors (Lipinski definition) is 2. The number of ketones is 1. The number of benzene rings is 1. The first-order valence-corrected chi connectivity index (χ1v) is 4.69. The first-order chi connectivity index (χ1) is 8.42. The molecule has 7 nitrogen and oxygen atoms in total. The van der Waals surface area contributed by atoms with Crippen LogP contribution < -0.4 is 4.74 Å². The van der Waals surface area contributed by atoms with E-state index in [0.29, 0.717) is 0 Å². The van der Waals surface area contributed by atoms with Crippen molar-refractivity contribution in [2.75, 3.05) is 14.2 Å². The average molecular weight is 254 g/mol. The summed E-state index contributed by atoms with van der Waals surface area (Å²) in [4.78, 5) is 33.3. The van der Waals surface area contributed by atoms with Crippen LogP contribution >= 0.6 is 0 Å².